The lowest BCUT2D eigenvalue weighted by molar-refractivity contribution is 0.590. The van der Waals surface area contributed by atoms with Gasteiger partial charge >= 0.3 is 0 Å². The molecule has 0 saturated carbocycles. The van der Waals surface area contributed by atoms with Crippen LogP contribution in [0.2, 0.25) is 0 Å². The van der Waals surface area contributed by atoms with E-state index in [2.05, 4.69) is 224 Å². The fourth-order valence-electron chi connectivity index (χ4n) is 11.4. The summed E-state index contributed by atoms with van der Waals surface area (Å²) in [5.41, 5.74) is 21.7. The van der Waals surface area contributed by atoms with Gasteiger partial charge in [-0.1, -0.05) is 207 Å². The van der Waals surface area contributed by atoms with Gasteiger partial charge in [0.2, 0.25) is 0 Å². The fraction of sp³-hybridized carbons (Fsp3) is 0.169. The molecule has 0 atom stereocenters. The normalized spacial score (nSPS) is 15.2. The van der Waals surface area contributed by atoms with Crippen molar-refractivity contribution in [2.75, 3.05) is 9.80 Å². The largest absolute Gasteiger partial charge is 0.311 e. The van der Waals surface area contributed by atoms with E-state index in [1.165, 1.54) is 44.5 Å². The Balaban J connectivity index is 1.13. The number of hydrogen-bond acceptors (Lipinski definition) is 2. The Hall–Kier alpha value is -7.36. The summed E-state index contributed by atoms with van der Waals surface area (Å²) in [6.07, 6.45) is 0. The highest BCUT2D eigenvalue weighted by molar-refractivity contribution is 7.00. The van der Waals surface area contributed by atoms with Crippen molar-refractivity contribution < 1.29 is 6.85 Å². The lowest BCUT2D eigenvalue weighted by Crippen LogP contribution is -2.61. The zero-order valence-corrected chi connectivity index (χ0v) is 40.1. The molecule has 0 unspecified atom stereocenters. The van der Waals surface area contributed by atoms with E-state index in [-0.39, 0.29) is 52.8 Å². The number of hydrogen-bond donors (Lipinski definition) is 0. The van der Waals surface area contributed by atoms with Gasteiger partial charge in [-0.05, 0) is 142 Å². The SMILES string of the molecule is [2H]c1c([2H])c([2H])c(N2c3ccc(-c4ccccc4)cc3B3c4ccc(C(C)(C)C)cc4N(c4ccc(-c5ccc(-c6ccccc6)c6c5-c5ccccc5C6(C)C)cc4)c4cc(C(C)(C)C)cc2c43)c([2H])c1[2H]. The molecule has 1 aliphatic carbocycles. The van der Waals surface area contributed by atoms with E-state index in [0.29, 0.717) is 0 Å². The van der Waals surface area contributed by atoms with Crippen LogP contribution in [0.3, 0.4) is 0 Å². The first-order valence-electron chi connectivity index (χ1n) is 26.5. The number of rotatable bonds is 5. The van der Waals surface area contributed by atoms with E-state index in [9.17, 15) is 2.74 Å². The lowest BCUT2D eigenvalue weighted by Gasteiger charge is -2.45. The first kappa shape index (κ1) is 36.7. The Bertz CT molecular complexity index is 3710. The summed E-state index contributed by atoms with van der Waals surface area (Å²) >= 11 is 0. The standard InChI is InChI=1S/C65H57BN2/c1-63(2,3)46-31-36-54-57(39-46)68(49-32-28-44(29-33-49)50-34-35-51(43-22-14-10-15-23-43)61-60(50)52-26-18-19-27-53(52)65(61,7)8)59-41-47(64(4,5)6)40-58-62(59)66(54)55-38-45(42-20-12-9-13-21-42)30-37-56(55)67(58)48-24-16-11-17-25-48/h9-41H,1-8H3/i11D,16D,17D,24D,25D. The van der Waals surface area contributed by atoms with Crippen molar-refractivity contribution >= 4 is 57.2 Å². The van der Waals surface area contributed by atoms with Crippen LogP contribution in [0.1, 0.15) is 84.5 Å². The van der Waals surface area contributed by atoms with E-state index in [1.807, 2.05) is 11.0 Å². The maximum absolute atomic E-state index is 9.47. The summed E-state index contributed by atoms with van der Waals surface area (Å²) < 4.78 is 45.4. The van der Waals surface area contributed by atoms with Crippen LogP contribution in [0.25, 0.3) is 44.5 Å². The topological polar surface area (TPSA) is 6.48 Å². The molecule has 2 heterocycles. The van der Waals surface area contributed by atoms with Crippen LogP contribution in [-0.2, 0) is 16.2 Å². The smallest absolute Gasteiger partial charge is 0.252 e. The van der Waals surface area contributed by atoms with Crippen LogP contribution in [0.4, 0.5) is 34.1 Å². The first-order valence-corrected chi connectivity index (χ1v) is 24.0. The molecule has 2 nitrogen and oxygen atoms in total. The molecule has 330 valence electrons. The molecule has 0 fully saturated rings. The summed E-state index contributed by atoms with van der Waals surface area (Å²) in [5, 5.41) is 0. The van der Waals surface area contributed by atoms with Crippen molar-refractivity contribution in [3.63, 3.8) is 0 Å². The van der Waals surface area contributed by atoms with Crippen molar-refractivity contribution in [3.05, 3.63) is 222 Å². The number of benzene rings is 9. The molecule has 3 heteroatoms. The van der Waals surface area contributed by atoms with Gasteiger partial charge in [0, 0.05) is 39.5 Å². The monoisotopic (exact) mass is 881 g/mol. The maximum atomic E-state index is 9.47. The number of nitrogens with zero attached hydrogens (tertiary/aromatic N) is 2. The molecule has 12 rings (SSSR count). The molecule has 3 aliphatic rings. The van der Waals surface area contributed by atoms with Crippen molar-refractivity contribution in [1.82, 2.24) is 0 Å². The van der Waals surface area contributed by atoms with E-state index in [0.717, 1.165) is 67.1 Å². The minimum atomic E-state index is -0.415. The van der Waals surface area contributed by atoms with E-state index in [4.69, 9.17) is 4.11 Å². The van der Waals surface area contributed by atoms with Crippen LogP contribution in [0, 0.1) is 0 Å². The molecule has 68 heavy (non-hydrogen) atoms. The van der Waals surface area contributed by atoms with Crippen LogP contribution in [-0.4, -0.2) is 6.71 Å². The van der Waals surface area contributed by atoms with Gasteiger partial charge in [-0.25, -0.2) is 0 Å². The predicted octanol–water partition coefficient (Wildman–Crippen LogP) is 15.7. The highest BCUT2D eigenvalue weighted by atomic mass is 15.2. The van der Waals surface area contributed by atoms with Gasteiger partial charge in [0.1, 0.15) is 0 Å². The van der Waals surface area contributed by atoms with E-state index in [1.54, 1.807) is 0 Å². The van der Waals surface area contributed by atoms with Crippen LogP contribution in [0.5, 0.6) is 0 Å². The quantitative estimate of drug-likeness (QED) is 0.159. The Morgan fingerprint density at radius 1 is 0.441 bits per heavy atom. The van der Waals surface area contributed by atoms with Crippen molar-refractivity contribution in [1.29, 1.82) is 0 Å². The second-order valence-corrected chi connectivity index (χ2v) is 21.4. The second-order valence-electron chi connectivity index (χ2n) is 21.4. The average molecular weight is 882 g/mol. The number of para-hydroxylation sites is 1. The molecule has 9 aromatic carbocycles. The molecule has 9 aromatic rings. The highest BCUT2D eigenvalue weighted by Gasteiger charge is 2.45. The van der Waals surface area contributed by atoms with Gasteiger partial charge in [-0.2, -0.15) is 0 Å². The molecular weight excluding hydrogens is 820 g/mol. The molecular formula is C65H57BN2. The lowest BCUT2D eigenvalue weighted by atomic mass is 9.33. The third-order valence-electron chi connectivity index (χ3n) is 14.8. The summed E-state index contributed by atoms with van der Waals surface area (Å²) in [4.78, 5) is 4.39. The van der Waals surface area contributed by atoms with E-state index < -0.39 is 6.04 Å². The van der Waals surface area contributed by atoms with Gasteiger partial charge < -0.3 is 9.80 Å². The van der Waals surface area contributed by atoms with Gasteiger partial charge in [-0.15, -0.1) is 0 Å². The second kappa shape index (κ2) is 15.3. The molecule has 0 N–H and O–H groups in total. The molecule has 0 bridgehead atoms. The maximum Gasteiger partial charge on any atom is 0.252 e. The summed E-state index contributed by atoms with van der Waals surface area (Å²) in [7, 11) is 0. The Morgan fingerprint density at radius 3 is 1.69 bits per heavy atom. The molecule has 2 aliphatic heterocycles. The summed E-state index contributed by atoms with van der Waals surface area (Å²) in [6, 6.07) is 60.0. The van der Waals surface area contributed by atoms with Gasteiger partial charge in [0.15, 0.2) is 0 Å². The van der Waals surface area contributed by atoms with Crippen LogP contribution in [0.15, 0.2) is 200 Å². The van der Waals surface area contributed by atoms with Crippen molar-refractivity contribution in [2.45, 2.75) is 71.6 Å². The Kier molecular flexibility index (Phi) is 8.28. The fourth-order valence-corrected chi connectivity index (χ4v) is 11.4. The van der Waals surface area contributed by atoms with Crippen LogP contribution >= 0.6 is 0 Å². The summed E-state index contributed by atoms with van der Waals surface area (Å²) in [5.74, 6) is 0. The van der Waals surface area contributed by atoms with Gasteiger partial charge in [-0.3, -0.25) is 0 Å². The number of anilines is 6. The molecule has 0 spiro atoms. The molecule has 0 radical (unpaired) electrons. The molecule has 0 amide bonds. The Morgan fingerprint density at radius 2 is 1.01 bits per heavy atom. The first-order chi connectivity index (χ1) is 34.8. The molecule has 0 aromatic heterocycles. The zero-order valence-electron chi connectivity index (χ0n) is 45.1. The number of fused-ring (bicyclic) bond motifs is 7. The Labute approximate surface area is 410 Å². The summed E-state index contributed by atoms with van der Waals surface area (Å²) in [6.45, 7) is 17.9. The minimum Gasteiger partial charge on any atom is -0.311 e. The van der Waals surface area contributed by atoms with Crippen molar-refractivity contribution in [2.24, 2.45) is 0 Å². The van der Waals surface area contributed by atoms with E-state index >= 15 is 0 Å². The minimum absolute atomic E-state index is 0.131. The predicted molar refractivity (Wildman–Crippen MR) is 292 cm³/mol. The third-order valence-corrected chi connectivity index (χ3v) is 14.8. The zero-order chi connectivity index (χ0) is 51.0. The van der Waals surface area contributed by atoms with Crippen LogP contribution < -0.4 is 26.2 Å². The van der Waals surface area contributed by atoms with Gasteiger partial charge in [0.25, 0.3) is 6.71 Å². The third kappa shape index (κ3) is 6.54. The highest BCUT2D eigenvalue weighted by Crippen LogP contribution is 2.56. The molecule has 0 saturated heterocycles. The van der Waals surface area contributed by atoms with Gasteiger partial charge in [0.05, 0.1) is 6.85 Å². The van der Waals surface area contributed by atoms with Crippen molar-refractivity contribution in [3.8, 4) is 44.5 Å². The average Bonchev–Trinajstić information content (AvgIpc) is 3.63.